The fraction of sp³-hybridized carbons (Fsp3) is 0.438. The van der Waals surface area contributed by atoms with Crippen molar-refractivity contribution in [1.82, 2.24) is 19.7 Å². The maximum Gasteiger partial charge on any atom is 0.254 e. The second-order valence-corrected chi connectivity index (χ2v) is 5.58. The van der Waals surface area contributed by atoms with Crippen molar-refractivity contribution in [3.8, 4) is 0 Å². The van der Waals surface area contributed by atoms with E-state index >= 15 is 0 Å². The molecule has 116 valence electrons. The van der Waals surface area contributed by atoms with E-state index in [1.807, 2.05) is 24.3 Å². The summed E-state index contributed by atoms with van der Waals surface area (Å²) in [7, 11) is 3.45. The van der Waals surface area contributed by atoms with Crippen molar-refractivity contribution in [3.63, 3.8) is 0 Å². The molecule has 0 fully saturated rings. The molecule has 1 aromatic heterocycles. The van der Waals surface area contributed by atoms with E-state index in [0.717, 1.165) is 36.6 Å². The van der Waals surface area contributed by atoms with Gasteiger partial charge in [0.25, 0.3) is 5.91 Å². The van der Waals surface area contributed by atoms with E-state index in [2.05, 4.69) is 14.8 Å². The molecule has 0 N–H and O–H groups in total. The van der Waals surface area contributed by atoms with Crippen LogP contribution in [0.3, 0.4) is 0 Å². The maximum absolute atomic E-state index is 12.5. The van der Waals surface area contributed by atoms with Crippen LogP contribution in [0.1, 0.15) is 34.0 Å². The third-order valence-corrected chi connectivity index (χ3v) is 3.92. The van der Waals surface area contributed by atoms with Crippen LogP contribution < -0.4 is 0 Å². The molecule has 0 aliphatic carbocycles. The minimum absolute atomic E-state index is 0.0145. The Morgan fingerprint density at radius 1 is 1.32 bits per heavy atom. The van der Waals surface area contributed by atoms with Gasteiger partial charge in [-0.3, -0.25) is 4.79 Å². The molecule has 0 saturated carbocycles. The number of hydrogen-bond donors (Lipinski definition) is 0. The molecule has 0 saturated heterocycles. The predicted molar refractivity (Wildman–Crippen MR) is 81.3 cm³/mol. The molecule has 22 heavy (non-hydrogen) atoms. The van der Waals surface area contributed by atoms with Crippen LogP contribution in [0, 0.1) is 0 Å². The van der Waals surface area contributed by atoms with Crippen LogP contribution >= 0.6 is 0 Å². The van der Waals surface area contributed by atoms with Gasteiger partial charge in [0.1, 0.15) is 5.82 Å². The topological polar surface area (TPSA) is 60.2 Å². The summed E-state index contributed by atoms with van der Waals surface area (Å²) in [5, 5.41) is 8.37. The highest BCUT2D eigenvalue weighted by molar-refractivity contribution is 5.94. The number of carbonyl (C=O) groups excluding carboxylic acids is 1. The number of ether oxygens (including phenoxy) is 1. The van der Waals surface area contributed by atoms with Crippen molar-refractivity contribution in [3.05, 3.63) is 47.0 Å². The van der Waals surface area contributed by atoms with E-state index < -0.39 is 0 Å². The van der Waals surface area contributed by atoms with E-state index in [9.17, 15) is 4.79 Å². The SMILES string of the molecule is COCc1ccc(C(=O)N(C)Cc2nnc3n2CCC3)cc1. The second kappa shape index (κ2) is 6.27. The van der Waals surface area contributed by atoms with E-state index in [1.165, 1.54) is 0 Å². The Kier molecular flexibility index (Phi) is 4.20. The lowest BCUT2D eigenvalue weighted by atomic mass is 10.1. The Labute approximate surface area is 129 Å². The normalized spacial score (nSPS) is 13.2. The van der Waals surface area contributed by atoms with Gasteiger partial charge in [0, 0.05) is 32.7 Å². The van der Waals surface area contributed by atoms with Gasteiger partial charge in [-0.25, -0.2) is 0 Å². The van der Waals surface area contributed by atoms with Crippen molar-refractivity contribution in [2.45, 2.75) is 32.5 Å². The van der Waals surface area contributed by atoms with Crippen LogP contribution in [0.4, 0.5) is 0 Å². The molecule has 2 aromatic rings. The lowest BCUT2D eigenvalue weighted by Crippen LogP contribution is -2.27. The highest BCUT2D eigenvalue weighted by atomic mass is 16.5. The molecule has 3 rings (SSSR count). The molecule has 0 atom stereocenters. The van der Waals surface area contributed by atoms with E-state index in [-0.39, 0.29) is 5.91 Å². The van der Waals surface area contributed by atoms with Crippen LogP contribution in [0.25, 0.3) is 0 Å². The van der Waals surface area contributed by atoms with Gasteiger partial charge in [0.2, 0.25) is 0 Å². The fourth-order valence-electron chi connectivity index (χ4n) is 2.74. The van der Waals surface area contributed by atoms with Gasteiger partial charge in [-0.1, -0.05) is 12.1 Å². The first-order valence-corrected chi connectivity index (χ1v) is 7.43. The molecule has 1 aliphatic rings. The summed E-state index contributed by atoms with van der Waals surface area (Å²) < 4.78 is 7.19. The summed E-state index contributed by atoms with van der Waals surface area (Å²) in [4.78, 5) is 14.2. The van der Waals surface area contributed by atoms with E-state index in [0.29, 0.717) is 18.7 Å². The molecular weight excluding hydrogens is 280 g/mol. The first-order chi connectivity index (χ1) is 10.7. The van der Waals surface area contributed by atoms with Crippen LogP contribution in [0.2, 0.25) is 0 Å². The number of methoxy groups -OCH3 is 1. The van der Waals surface area contributed by atoms with Crippen LogP contribution in [-0.2, 0) is 30.9 Å². The first kappa shape index (κ1) is 14.7. The Morgan fingerprint density at radius 2 is 2.09 bits per heavy atom. The smallest absolute Gasteiger partial charge is 0.254 e. The summed E-state index contributed by atoms with van der Waals surface area (Å²) in [5.74, 6) is 1.87. The number of rotatable bonds is 5. The summed E-state index contributed by atoms with van der Waals surface area (Å²) in [6.07, 6.45) is 2.09. The molecule has 1 aliphatic heterocycles. The zero-order valence-electron chi connectivity index (χ0n) is 13.0. The Morgan fingerprint density at radius 3 is 2.82 bits per heavy atom. The molecule has 0 radical (unpaired) electrons. The molecule has 1 aromatic carbocycles. The Bertz CT molecular complexity index is 663. The van der Waals surface area contributed by atoms with Crippen molar-refractivity contribution >= 4 is 5.91 Å². The van der Waals surface area contributed by atoms with Gasteiger partial charge in [-0.15, -0.1) is 10.2 Å². The number of hydrogen-bond acceptors (Lipinski definition) is 4. The van der Waals surface area contributed by atoms with Crippen molar-refractivity contribution in [2.24, 2.45) is 0 Å². The van der Waals surface area contributed by atoms with Gasteiger partial charge in [0.05, 0.1) is 13.2 Å². The number of aromatic nitrogens is 3. The van der Waals surface area contributed by atoms with Crippen molar-refractivity contribution in [1.29, 1.82) is 0 Å². The molecule has 0 spiro atoms. The number of fused-ring (bicyclic) bond motifs is 1. The predicted octanol–water partition coefficient (Wildman–Crippen LogP) is 1.64. The fourth-order valence-corrected chi connectivity index (χ4v) is 2.74. The average molecular weight is 300 g/mol. The van der Waals surface area contributed by atoms with Gasteiger partial charge >= 0.3 is 0 Å². The van der Waals surface area contributed by atoms with Gasteiger partial charge in [0.15, 0.2) is 5.82 Å². The van der Waals surface area contributed by atoms with Gasteiger partial charge < -0.3 is 14.2 Å². The summed E-state index contributed by atoms with van der Waals surface area (Å²) in [6.45, 7) is 1.98. The lowest BCUT2D eigenvalue weighted by molar-refractivity contribution is 0.0780. The standard InChI is InChI=1S/C16H20N4O2/c1-19(10-15-18-17-14-4-3-9-20(14)15)16(21)13-7-5-12(6-8-13)11-22-2/h5-8H,3-4,9-11H2,1-2H3. The number of amides is 1. The second-order valence-electron chi connectivity index (χ2n) is 5.58. The quantitative estimate of drug-likeness (QED) is 0.842. The largest absolute Gasteiger partial charge is 0.380 e. The molecule has 2 heterocycles. The van der Waals surface area contributed by atoms with Crippen LogP contribution in [0.15, 0.2) is 24.3 Å². The van der Waals surface area contributed by atoms with Crippen molar-refractivity contribution in [2.75, 3.05) is 14.2 Å². The highest BCUT2D eigenvalue weighted by Crippen LogP contribution is 2.16. The minimum atomic E-state index is -0.0145. The van der Waals surface area contributed by atoms with E-state index in [4.69, 9.17) is 4.74 Å². The lowest BCUT2D eigenvalue weighted by Gasteiger charge is -2.17. The highest BCUT2D eigenvalue weighted by Gasteiger charge is 2.20. The molecule has 0 bridgehead atoms. The summed E-state index contributed by atoms with van der Waals surface area (Å²) >= 11 is 0. The monoisotopic (exact) mass is 300 g/mol. The molecule has 1 amide bonds. The number of aryl methyl sites for hydroxylation is 1. The Balaban J connectivity index is 1.68. The minimum Gasteiger partial charge on any atom is -0.380 e. The first-order valence-electron chi connectivity index (χ1n) is 7.43. The zero-order chi connectivity index (χ0) is 15.5. The average Bonchev–Trinajstić information content (AvgIpc) is 3.13. The van der Waals surface area contributed by atoms with E-state index in [1.54, 1.807) is 19.1 Å². The summed E-state index contributed by atoms with van der Waals surface area (Å²) in [6, 6.07) is 7.50. The number of nitrogens with zero attached hydrogens (tertiary/aromatic N) is 4. The Hall–Kier alpha value is -2.21. The molecule has 6 heteroatoms. The molecular formula is C16H20N4O2. The van der Waals surface area contributed by atoms with Crippen LogP contribution in [-0.4, -0.2) is 39.7 Å². The maximum atomic E-state index is 12.5. The van der Waals surface area contributed by atoms with Crippen molar-refractivity contribution < 1.29 is 9.53 Å². The summed E-state index contributed by atoms with van der Waals surface area (Å²) in [5.41, 5.74) is 1.72. The van der Waals surface area contributed by atoms with Crippen LogP contribution in [0.5, 0.6) is 0 Å². The third-order valence-electron chi connectivity index (χ3n) is 3.92. The molecule has 6 nitrogen and oxygen atoms in total. The van der Waals surface area contributed by atoms with Gasteiger partial charge in [-0.05, 0) is 24.1 Å². The molecule has 0 unspecified atom stereocenters. The third kappa shape index (κ3) is 2.87. The number of benzene rings is 1. The zero-order valence-corrected chi connectivity index (χ0v) is 13.0. The number of carbonyl (C=O) groups is 1. The van der Waals surface area contributed by atoms with Gasteiger partial charge in [-0.2, -0.15) is 0 Å².